The van der Waals surface area contributed by atoms with Crippen LogP contribution in [-0.4, -0.2) is 20.3 Å². The van der Waals surface area contributed by atoms with Gasteiger partial charge in [0.1, 0.15) is 23.4 Å². The Labute approximate surface area is 124 Å². The van der Waals surface area contributed by atoms with E-state index in [4.69, 9.17) is 19.9 Å². The van der Waals surface area contributed by atoms with Crippen molar-refractivity contribution in [1.82, 2.24) is 0 Å². The molecule has 0 heterocycles. The van der Waals surface area contributed by atoms with E-state index < -0.39 is 0 Å². The van der Waals surface area contributed by atoms with Gasteiger partial charge in [-0.15, -0.1) is 0 Å². The Morgan fingerprint density at radius 3 is 2.19 bits per heavy atom. The van der Waals surface area contributed by atoms with E-state index in [1.54, 1.807) is 14.2 Å². The number of benzene rings is 2. The second-order valence-electron chi connectivity index (χ2n) is 5.13. The van der Waals surface area contributed by atoms with Crippen molar-refractivity contribution < 1.29 is 14.2 Å². The topological polar surface area (TPSA) is 53.7 Å². The van der Waals surface area contributed by atoms with Gasteiger partial charge in [0.15, 0.2) is 0 Å². The van der Waals surface area contributed by atoms with Gasteiger partial charge in [-0.2, -0.15) is 0 Å². The number of ether oxygens (including phenoxy) is 3. The van der Waals surface area contributed by atoms with Gasteiger partial charge in [0.25, 0.3) is 0 Å². The van der Waals surface area contributed by atoms with E-state index in [1.165, 1.54) is 5.56 Å². The highest BCUT2D eigenvalue weighted by Crippen LogP contribution is 2.35. The summed E-state index contributed by atoms with van der Waals surface area (Å²) in [6.45, 7) is 0. The zero-order chi connectivity index (χ0) is 14.8. The van der Waals surface area contributed by atoms with Crippen LogP contribution in [0.15, 0.2) is 42.5 Å². The molecule has 1 aliphatic carbocycles. The van der Waals surface area contributed by atoms with Crippen LogP contribution in [0.2, 0.25) is 0 Å². The summed E-state index contributed by atoms with van der Waals surface area (Å²) in [5, 5.41) is 0. The van der Waals surface area contributed by atoms with Gasteiger partial charge in [0, 0.05) is 6.42 Å². The largest absolute Gasteiger partial charge is 0.497 e. The zero-order valence-corrected chi connectivity index (χ0v) is 12.2. The first-order valence-corrected chi connectivity index (χ1v) is 6.94. The van der Waals surface area contributed by atoms with Crippen molar-refractivity contribution in [3.63, 3.8) is 0 Å². The number of nitrogens with two attached hydrogens (primary N) is 1. The third-order valence-electron chi connectivity index (χ3n) is 3.88. The SMILES string of the molecule is COc1ccc(OC2Cc3ccc(OC)cc3C2N)cc1. The summed E-state index contributed by atoms with van der Waals surface area (Å²) < 4.78 is 16.4. The van der Waals surface area contributed by atoms with E-state index in [9.17, 15) is 0 Å². The van der Waals surface area contributed by atoms with Gasteiger partial charge in [0.2, 0.25) is 0 Å². The van der Waals surface area contributed by atoms with Crippen LogP contribution in [0, 0.1) is 0 Å². The highest BCUT2D eigenvalue weighted by Gasteiger charge is 2.31. The molecule has 0 aromatic heterocycles. The van der Waals surface area contributed by atoms with Crippen molar-refractivity contribution in [2.45, 2.75) is 18.6 Å². The average molecular weight is 285 g/mol. The van der Waals surface area contributed by atoms with Crippen LogP contribution in [0.3, 0.4) is 0 Å². The molecule has 0 bridgehead atoms. The molecule has 2 atom stereocenters. The standard InChI is InChI=1S/C17H19NO3/c1-19-12-5-7-13(8-6-12)21-16-9-11-3-4-14(20-2)10-15(11)17(16)18/h3-8,10,16-17H,9,18H2,1-2H3. The van der Waals surface area contributed by atoms with Crippen molar-refractivity contribution in [3.05, 3.63) is 53.6 Å². The average Bonchev–Trinajstić information content (AvgIpc) is 2.84. The minimum absolute atomic E-state index is 0.0551. The molecular weight excluding hydrogens is 266 g/mol. The van der Waals surface area contributed by atoms with Crippen molar-refractivity contribution in [2.24, 2.45) is 5.73 Å². The first-order valence-electron chi connectivity index (χ1n) is 6.94. The summed E-state index contributed by atoms with van der Waals surface area (Å²) in [6.07, 6.45) is 0.757. The number of hydrogen-bond acceptors (Lipinski definition) is 4. The maximum Gasteiger partial charge on any atom is 0.122 e. The molecule has 4 heteroatoms. The van der Waals surface area contributed by atoms with E-state index >= 15 is 0 Å². The molecule has 2 aromatic carbocycles. The molecule has 0 saturated heterocycles. The van der Waals surface area contributed by atoms with E-state index in [2.05, 4.69) is 6.07 Å². The molecule has 2 aromatic rings. The molecule has 0 fully saturated rings. The van der Waals surface area contributed by atoms with Gasteiger partial charge in [-0.25, -0.2) is 0 Å². The highest BCUT2D eigenvalue weighted by atomic mass is 16.5. The van der Waals surface area contributed by atoms with E-state index in [0.717, 1.165) is 29.2 Å². The Morgan fingerprint density at radius 1 is 0.905 bits per heavy atom. The maximum absolute atomic E-state index is 6.31. The van der Waals surface area contributed by atoms with Gasteiger partial charge in [-0.3, -0.25) is 0 Å². The van der Waals surface area contributed by atoms with Crippen LogP contribution in [0.1, 0.15) is 17.2 Å². The third-order valence-corrected chi connectivity index (χ3v) is 3.88. The molecule has 1 aliphatic rings. The number of rotatable bonds is 4. The summed E-state index contributed by atoms with van der Waals surface area (Å²) >= 11 is 0. The summed E-state index contributed by atoms with van der Waals surface area (Å²) in [6, 6.07) is 13.4. The molecule has 110 valence electrons. The van der Waals surface area contributed by atoms with Crippen LogP contribution in [0.25, 0.3) is 0 Å². The predicted octanol–water partition coefficient (Wildman–Crippen LogP) is 2.71. The predicted molar refractivity (Wildman–Crippen MR) is 81.0 cm³/mol. The highest BCUT2D eigenvalue weighted by molar-refractivity contribution is 5.42. The van der Waals surface area contributed by atoms with Gasteiger partial charge >= 0.3 is 0 Å². The fraction of sp³-hybridized carbons (Fsp3) is 0.294. The molecule has 0 amide bonds. The Kier molecular flexibility index (Phi) is 3.71. The molecule has 21 heavy (non-hydrogen) atoms. The molecule has 0 radical (unpaired) electrons. The maximum atomic E-state index is 6.31. The number of fused-ring (bicyclic) bond motifs is 1. The van der Waals surface area contributed by atoms with E-state index in [0.29, 0.717) is 0 Å². The molecule has 0 aliphatic heterocycles. The lowest BCUT2D eigenvalue weighted by Crippen LogP contribution is -2.27. The lowest BCUT2D eigenvalue weighted by molar-refractivity contribution is 0.185. The molecule has 0 spiro atoms. The van der Waals surface area contributed by atoms with Crippen LogP contribution in [-0.2, 0) is 6.42 Å². The van der Waals surface area contributed by atoms with Crippen LogP contribution >= 0.6 is 0 Å². The fourth-order valence-electron chi connectivity index (χ4n) is 2.68. The van der Waals surface area contributed by atoms with Crippen LogP contribution in [0.5, 0.6) is 17.2 Å². The lowest BCUT2D eigenvalue weighted by Gasteiger charge is -2.18. The first-order chi connectivity index (χ1) is 10.2. The minimum atomic E-state index is -0.141. The van der Waals surface area contributed by atoms with Gasteiger partial charge in [-0.05, 0) is 47.5 Å². The Hall–Kier alpha value is -2.20. The number of methoxy groups -OCH3 is 2. The molecule has 0 saturated carbocycles. The Bertz CT molecular complexity index is 624. The van der Waals surface area contributed by atoms with Gasteiger partial charge in [0.05, 0.1) is 20.3 Å². The molecule has 2 N–H and O–H groups in total. The summed E-state index contributed by atoms with van der Waals surface area (Å²) in [5.74, 6) is 2.44. The van der Waals surface area contributed by atoms with Crippen molar-refractivity contribution >= 4 is 0 Å². The normalized spacial score (nSPS) is 20.0. The molecule has 2 unspecified atom stereocenters. The smallest absolute Gasteiger partial charge is 0.122 e. The molecule has 3 rings (SSSR count). The summed E-state index contributed by atoms with van der Waals surface area (Å²) in [4.78, 5) is 0. The molecular formula is C17H19NO3. The summed E-state index contributed by atoms with van der Waals surface area (Å²) in [5.41, 5.74) is 8.64. The van der Waals surface area contributed by atoms with E-state index in [-0.39, 0.29) is 12.1 Å². The monoisotopic (exact) mass is 285 g/mol. The minimum Gasteiger partial charge on any atom is -0.497 e. The fourth-order valence-corrected chi connectivity index (χ4v) is 2.68. The number of hydrogen-bond donors (Lipinski definition) is 1. The summed E-state index contributed by atoms with van der Waals surface area (Å²) in [7, 11) is 3.31. The second-order valence-corrected chi connectivity index (χ2v) is 5.13. The van der Waals surface area contributed by atoms with Gasteiger partial charge < -0.3 is 19.9 Å². The van der Waals surface area contributed by atoms with Gasteiger partial charge in [-0.1, -0.05) is 6.07 Å². The Balaban J connectivity index is 1.76. The Morgan fingerprint density at radius 2 is 1.52 bits per heavy atom. The quantitative estimate of drug-likeness (QED) is 0.938. The molecule has 4 nitrogen and oxygen atoms in total. The van der Waals surface area contributed by atoms with Crippen molar-refractivity contribution in [2.75, 3.05) is 14.2 Å². The van der Waals surface area contributed by atoms with Crippen molar-refractivity contribution in [3.8, 4) is 17.2 Å². The second kappa shape index (κ2) is 5.66. The van der Waals surface area contributed by atoms with Crippen molar-refractivity contribution in [1.29, 1.82) is 0 Å². The zero-order valence-electron chi connectivity index (χ0n) is 12.2. The van der Waals surface area contributed by atoms with Crippen LogP contribution in [0.4, 0.5) is 0 Å². The van der Waals surface area contributed by atoms with E-state index in [1.807, 2.05) is 36.4 Å². The van der Waals surface area contributed by atoms with Crippen LogP contribution < -0.4 is 19.9 Å². The third kappa shape index (κ3) is 2.67. The lowest BCUT2D eigenvalue weighted by atomic mass is 10.1. The first kappa shape index (κ1) is 13.8.